The fourth-order valence-corrected chi connectivity index (χ4v) is 1.71. The highest BCUT2D eigenvalue weighted by molar-refractivity contribution is 5.05. The van der Waals surface area contributed by atoms with Crippen LogP contribution in [0.5, 0.6) is 0 Å². The highest BCUT2D eigenvalue weighted by Crippen LogP contribution is 2.07. The zero-order valence-electron chi connectivity index (χ0n) is 11.3. The van der Waals surface area contributed by atoms with E-state index >= 15 is 0 Å². The van der Waals surface area contributed by atoms with E-state index in [-0.39, 0.29) is 0 Å². The first kappa shape index (κ1) is 14.2. The predicted molar refractivity (Wildman–Crippen MR) is 69.0 cm³/mol. The summed E-state index contributed by atoms with van der Waals surface area (Å²) in [5.41, 5.74) is 1.19. The molecule has 0 fully saturated rings. The molecule has 1 rings (SSSR count). The van der Waals surface area contributed by atoms with Crippen molar-refractivity contribution in [2.45, 2.75) is 32.5 Å². The van der Waals surface area contributed by atoms with E-state index in [1.165, 1.54) is 5.56 Å². The number of nitrogens with zero attached hydrogens (tertiary/aromatic N) is 1. The molecule has 4 nitrogen and oxygen atoms in total. The molecule has 1 heterocycles. The molecule has 0 saturated carbocycles. The van der Waals surface area contributed by atoms with Gasteiger partial charge in [-0.15, -0.1) is 0 Å². The third kappa shape index (κ3) is 5.35. The average molecular weight is 240 g/mol. The third-order valence-corrected chi connectivity index (χ3v) is 2.76. The summed E-state index contributed by atoms with van der Waals surface area (Å²) < 4.78 is 10.4. The number of furan rings is 1. The first-order valence-electron chi connectivity index (χ1n) is 6.07. The molecule has 1 aromatic heterocycles. The molecule has 1 aromatic rings. The summed E-state index contributed by atoms with van der Waals surface area (Å²) in [5.74, 6) is 0. The maximum absolute atomic E-state index is 5.27. The van der Waals surface area contributed by atoms with E-state index in [0.717, 1.165) is 19.7 Å². The summed E-state index contributed by atoms with van der Waals surface area (Å²) >= 11 is 0. The number of rotatable bonds is 8. The standard InChI is InChI=1S/C13H24N2O2/c1-11(2)14-7-13(10-16-4)15(3)8-12-5-6-17-9-12/h5-6,9,11,13-14H,7-8,10H2,1-4H3. The first-order chi connectivity index (χ1) is 8.13. The van der Waals surface area contributed by atoms with Crippen molar-refractivity contribution in [3.05, 3.63) is 24.2 Å². The molecule has 0 saturated heterocycles. The van der Waals surface area contributed by atoms with E-state index in [1.807, 2.05) is 6.07 Å². The van der Waals surface area contributed by atoms with Gasteiger partial charge in [-0.25, -0.2) is 0 Å². The van der Waals surface area contributed by atoms with E-state index in [9.17, 15) is 0 Å². The lowest BCUT2D eigenvalue weighted by molar-refractivity contribution is 0.100. The molecule has 98 valence electrons. The molecule has 1 N–H and O–H groups in total. The van der Waals surface area contributed by atoms with E-state index in [2.05, 4.69) is 31.1 Å². The van der Waals surface area contributed by atoms with Crippen LogP contribution in [0.3, 0.4) is 0 Å². The van der Waals surface area contributed by atoms with Gasteiger partial charge in [0.05, 0.1) is 19.1 Å². The minimum Gasteiger partial charge on any atom is -0.472 e. The molecule has 0 aliphatic carbocycles. The van der Waals surface area contributed by atoms with Crippen molar-refractivity contribution in [1.82, 2.24) is 10.2 Å². The van der Waals surface area contributed by atoms with Gasteiger partial charge in [0.2, 0.25) is 0 Å². The molecule has 17 heavy (non-hydrogen) atoms. The Morgan fingerprint density at radius 1 is 1.47 bits per heavy atom. The Morgan fingerprint density at radius 3 is 2.76 bits per heavy atom. The van der Waals surface area contributed by atoms with Crippen molar-refractivity contribution in [2.75, 3.05) is 27.3 Å². The smallest absolute Gasteiger partial charge is 0.0947 e. The van der Waals surface area contributed by atoms with Crippen LogP contribution in [0.25, 0.3) is 0 Å². The topological polar surface area (TPSA) is 37.6 Å². The van der Waals surface area contributed by atoms with Gasteiger partial charge in [0.15, 0.2) is 0 Å². The lowest BCUT2D eigenvalue weighted by atomic mass is 10.2. The van der Waals surface area contributed by atoms with E-state index in [0.29, 0.717) is 12.1 Å². The summed E-state index contributed by atoms with van der Waals surface area (Å²) in [4.78, 5) is 2.28. The van der Waals surface area contributed by atoms with Crippen LogP contribution in [0.15, 0.2) is 23.0 Å². The van der Waals surface area contributed by atoms with Gasteiger partial charge in [-0.2, -0.15) is 0 Å². The lowest BCUT2D eigenvalue weighted by Gasteiger charge is -2.28. The zero-order valence-corrected chi connectivity index (χ0v) is 11.3. The number of hydrogen-bond acceptors (Lipinski definition) is 4. The molecule has 1 atom stereocenters. The van der Waals surface area contributed by atoms with Crippen LogP contribution in [-0.4, -0.2) is 44.3 Å². The largest absolute Gasteiger partial charge is 0.472 e. The van der Waals surface area contributed by atoms with Gasteiger partial charge >= 0.3 is 0 Å². The Balaban J connectivity index is 2.44. The third-order valence-electron chi connectivity index (χ3n) is 2.76. The molecular weight excluding hydrogens is 216 g/mol. The van der Waals surface area contributed by atoms with Crippen LogP contribution in [0.2, 0.25) is 0 Å². The average Bonchev–Trinajstić information content (AvgIpc) is 2.76. The van der Waals surface area contributed by atoms with Crippen LogP contribution in [0.1, 0.15) is 19.4 Å². The fraction of sp³-hybridized carbons (Fsp3) is 0.692. The monoisotopic (exact) mass is 240 g/mol. The SMILES string of the molecule is COCC(CNC(C)C)N(C)Cc1ccoc1. The van der Waals surface area contributed by atoms with Gasteiger partial charge in [-0.1, -0.05) is 13.8 Å². The first-order valence-corrected chi connectivity index (χ1v) is 6.07. The molecule has 0 radical (unpaired) electrons. The fourth-order valence-electron chi connectivity index (χ4n) is 1.71. The molecule has 0 amide bonds. The lowest BCUT2D eigenvalue weighted by Crippen LogP contribution is -2.44. The van der Waals surface area contributed by atoms with Crippen molar-refractivity contribution in [2.24, 2.45) is 0 Å². The summed E-state index contributed by atoms with van der Waals surface area (Å²) in [5, 5.41) is 3.45. The Bertz CT molecular complexity index is 286. The maximum Gasteiger partial charge on any atom is 0.0947 e. The Labute approximate surface area is 104 Å². The van der Waals surface area contributed by atoms with Gasteiger partial charge in [0.25, 0.3) is 0 Å². The van der Waals surface area contributed by atoms with Gasteiger partial charge in [0.1, 0.15) is 0 Å². The van der Waals surface area contributed by atoms with Gasteiger partial charge in [-0.3, -0.25) is 4.90 Å². The summed E-state index contributed by atoms with van der Waals surface area (Å²) in [6.45, 7) is 6.85. The number of hydrogen-bond donors (Lipinski definition) is 1. The molecule has 0 aliphatic heterocycles. The predicted octanol–water partition coefficient (Wildman–Crippen LogP) is 1.72. The van der Waals surface area contributed by atoms with Gasteiger partial charge < -0.3 is 14.5 Å². The van der Waals surface area contributed by atoms with E-state index < -0.39 is 0 Å². The molecular formula is C13H24N2O2. The zero-order chi connectivity index (χ0) is 12.7. The van der Waals surface area contributed by atoms with Crippen LogP contribution < -0.4 is 5.32 Å². The molecule has 0 spiro atoms. The highest BCUT2D eigenvalue weighted by Gasteiger charge is 2.15. The highest BCUT2D eigenvalue weighted by atomic mass is 16.5. The molecule has 1 unspecified atom stereocenters. The second kappa shape index (κ2) is 7.48. The van der Waals surface area contributed by atoms with Crippen molar-refractivity contribution in [3.63, 3.8) is 0 Å². The van der Waals surface area contributed by atoms with Crippen LogP contribution in [0.4, 0.5) is 0 Å². The van der Waals surface area contributed by atoms with Gasteiger partial charge in [-0.05, 0) is 13.1 Å². The minimum atomic E-state index is 0.372. The molecule has 0 aliphatic rings. The second-order valence-corrected chi connectivity index (χ2v) is 4.72. The Morgan fingerprint density at radius 2 is 2.24 bits per heavy atom. The minimum absolute atomic E-state index is 0.372. The van der Waals surface area contributed by atoms with Crippen molar-refractivity contribution in [3.8, 4) is 0 Å². The summed E-state index contributed by atoms with van der Waals surface area (Å²) in [6, 6.07) is 2.87. The van der Waals surface area contributed by atoms with Crippen LogP contribution in [-0.2, 0) is 11.3 Å². The van der Waals surface area contributed by atoms with Crippen molar-refractivity contribution >= 4 is 0 Å². The van der Waals surface area contributed by atoms with E-state index in [1.54, 1.807) is 19.6 Å². The van der Waals surface area contributed by atoms with Gasteiger partial charge in [0, 0.05) is 37.8 Å². The maximum atomic E-state index is 5.27. The quantitative estimate of drug-likeness (QED) is 0.751. The number of methoxy groups -OCH3 is 1. The Hall–Kier alpha value is -0.840. The number of likely N-dealkylation sites (N-methyl/N-ethyl adjacent to an activating group) is 1. The Kier molecular flexibility index (Phi) is 6.26. The molecule has 4 heteroatoms. The van der Waals surface area contributed by atoms with Crippen LogP contribution >= 0.6 is 0 Å². The second-order valence-electron chi connectivity index (χ2n) is 4.72. The summed E-state index contributed by atoms with van der Waals surface area (Å²) in [7, 11) is 3.85. The molecule has 0 bridgehead atoms. The normalized spacial score (nSPS) is 13.5. The van der Waals surface area contributed by atoms with E-state index in [4.69, 9.17) is 9.15 Å². The van der Waals surface area contributed by atoms with Crippen LogP contribution in [0, 0.1) is 0 Å². The van der Waals surface area contributed by atoms with Crippen molar-refractivity contribution < 1.29 is 9.15 Å². The van der Waals surface area contributed by atoms with Crippen molar-refractivity contribution in [1.29, 1.82) is 0 Å². The molecule has 0 aromatic carbocycles. The summed E-state index contributed by atoms with van der Waals surface area (Å²) in [6.07, 6.45) is 3.50. The number of ether oxygens (including phenoxy) is 1. The number of nitrogens with one attached hydrogen (secondary N) is 1.